The SMILES string of the molecule is CN(C[C@H]1CCc2nccn2C1)C(=O)C1(O)CCCCC1. The number of nitrogens with zero attached hydrogens (tertiary/aromatic N) is 3. The van der Waals surface area contributed by atoms with E-state index in [0.29, 0.717) is 18.8 Å². The molecule has 0 spiro atoms. The molecule has 1 amide bonds. The van der Waals surface area contributed by atoms with E-state index in [1.165, 1.54) is 0 Å². The number of aliphatic hydroxyl groups is 1. The summed E-state index contributed by atoms with van der Waals surface area (Å²) in [6.45, 7) is 1.64. The second-order valence-corrected chi connectivity index (χ2v) is 6.68. The number of carbonyl (C=O) groups excluding carboxylic acids is 1. The van der Waals surface area contributed by atoms with Crippen molar-refractivity contribution in [1.29, 1.82) is 0 Å². The minimum Gasteiger partial charge on any atom is -0.380 e. The van der Waals surface area contributed by atoms with Crippen LogP contribution in [0.4, 0.5) is 0 Å². The first-order chi connectivity index (χ1) is 10.1. The van der Waals surface area contributed by atoms with Crippen molar-refractivity contribution in [1.82, 2.24) is 14.5 Å². The molecule has 0 radical (unpaired) electrons. The maximum Gasteiger partial charge on any atom is 0.254 e. The van der Waals surface area contributed by atoms with Crippen LogP contribution in [0.3, 0.4) is 0 Å². The lowest BCUT2D eigenvalue weighted by atomic mass is 9.83. The fourth-order valence-electron chi connectivity index (χ4n) is 3.76. The summed E-state index contributed by atoms with van der Waals surface area (Å²) >= 11 is 0. The third kappa shape index (κ3) is 2.98. The van der Waals surface area contributed by atoms with E-state index in [1.54, 1.807) is 4.90 Å². The normalized spacial score (nSPS) is 24.4. The Hall–Kier alpha value is -1.36. The number of rotatable bonds is 3. The van der Waals surface area contributed by atoms with E-state index in [-0.39, 0.29) is 5.91 Å². The Bertz CT molecular complexity index is 505. The smallest absolute Gasteiger partial charge is 0.254 e. The molecule has 0 bridgehead atoms. The van der Waals surface area contributed by atoms with Crippen LogP contribution in [0.2, 0.25) is 0 Å². The van der Waals surface area contributed by atoms with Gasteiger partial charge in [0.25, 0.3) is 5.91 Å². The van der Waals surface area contributed by atoms with Gasteiger partial charge < -0.3 is 14.6 Å². The second-order valence-electron chi connectivity index (χ2n) is 6.68. The Balaban J connectivity index is 1.59. The number of aryl methyl sites for hydroxylation is 1. The molecule has 1 aromatic rings. The molecule has 116 valence electrons. The molecule has 2 heterocycles. The van der Waals surface area contributed by atoms with Gasteiger partial charge in [-0.15, -0.1) is 0 Å². The third-order valence-corrected chi connectivity index (χ3v) is 4.99. The minimum atomic E-state index is -1.11. The van der Waals surface area contributed by atoms with Crippen LogP contribution in [0.5, 0.6) is 0 Å². The predicted molar refractivity (Wildman–Crippen MR) is 79.7 cm³/mol. The van der Waals surface area contributed by atoms with E-state index in [1.807, 2.05) is 19.4 Å². The van der Waals surface area contributed by atoms with Crippen molar-refractivity contribution in [3.63, 3.8) is 0 Å². The number of aromatic nitrogens is 2. The highest BCUT2D eigenvalue weighted by atomic mass is 16.3. The number of hydrogen-bond acceptors (Lipinski definition) is 3. The zero-order valence-electron chi connectivity index (χ0n) is 12.8. The zero-order valence-corrected chi connectivity index (χ0v) is 12.8. The first-order valence-corrected chi connectivity index (χ1v) is 8.06. The topological polar surface area (TPSA) is 58.4 Å². The number of likely N-dealkylation sites (N-methyl/N-ethyl adjacent to an activating group) is 1. The summed E-state index contributed by atoms with van der Waals surface area (Å²) in [5, 5.41) is 10.6. The van der Waals surface area contributed by atoms with Gasteiger partial charge in [-0.25, -0.2) is 4.98 Å². The lowest BCUT2D eigenvalue weighted by molar-refractivity contribution is -0.154. The molecule has 1 fully saturated rings. The zero-order chi connectivity index (χ0) is 14.9. The molecule has 1 N–H and O–H groups in total. The Morgan fingerprint density at radius 3 is 3.00 bits per heavy atom. The van der Waals surface area contributed by atoms with Crippen molar-refractivity contribution in [2.75, 3.05) is 13.6 Å². The van der Waals surface area contributed by atoms with Gasteiger partial charge in [0.05, 0.1) is 0 Å². The monoisotopic (exact) mass is 291 g/mol. The van der Waals surface area contributed by atoms with Gasteiger partial charge in [-0.1, -0.05) is 19.3 Å². The molecule has 3 rings (SSSR count). The summed E-state index contributed by atoms with van der Waals surface area (Å²) in [5.74, 6) is 1.51. The number of carbonyl (C=O) groups is 1. The van der Waals surface area contributed by atoms with Crippen LogP contribution in [0.1, 0.15) is 44.3 Å². The summed E-state index contributed by atoms with van der Waals surface area (Å²) in [6.07, 6.45) is 10.2. The van der Waals surface area contributed by atoms with Crippen LogP contribution >= 0.6 is 0 Å². The van der Waals surface area contributed by atoms with E-state index >= 15 is 0 Å². The van der Waals surface area contributed by atoms with Crippen LogP contribution in [0.25, 0.3) is 0 Å². The van der Waals surface area contributed by atoms with Gasteiger partial charge in [0.2, 0.25) is 0 Å². The van der Waals surface area contributed by atoms with Gasteiger partial charge in [0.1, 0.15) is 11.4 Å². The van der Waals surface area contributed by atoms with E-state index in [0.717, 1.165) is 51.0 Å². The Morgan fingerprint density at radius 1 is 1.48 bits per heavy atom. The fourth-order valence-corrected chi connectivity index (χ4v) is 3.76. The highest BCUT2D eigenvalue weighted by Gasteiger charge is 2.39. The largest absolute Gasteiger partial charge is 0.380 e. The number of fused-ring (bicyclic) bond motifs is 1. The van der Waals surface area contributed by atoms with Gasteiger partial charge in [0, 0.05) is 39.0 Å². The van der Waals surface area contributed by atoms with Crippen molar-refractivity contribution in [2.24, 2.45) is 5.92 Å². The van der Waals surface area contributed by atoms with Gasteiger partial charge in [-0.2, -0.15) is 0 Å². The molecule has 1 atom stereocenters. The van der Waals surface area contributed by atoms with Gasteiger partial charge >= 0.3 is 0 Å². The number of amides is 1. The van der Waals surface area contributed by atoms with Gasteiger partial charge in [-0.3, -0.25) is 4.79 Å². The number of hydrogen-bond donors (Lipinski definition) is 1. The first-order valence-electron chi connectivity index (χ1n) is 8.06. The molecule has 2 aliphatic rings. The lowest BCUT2D eigenvalue weighted by Crippen LogP contribution is -2.50. The van der Waals surface area contributed by atoms with Crippen LogP contribution < -0.4 is 0 Å². The van der Waals surface area contributed by atoms with E-state index in [9.17, 15) is 9.90 Å². The van der Waals surface area contributed by atoms with Gasteiger partial charge in [-0.05, 0) is 25.2 Å². The molecule has 1 saturated carbocycles. The molecule has 21 heavy (non-hydrogen) atoms. The van der Waals surface area contributed by atoms with E-state index in [4.69, 9.17) is 0 Å². The molecular formula is C16H25N3O2. The molecular weight excluding hydrogens is 266 g/mol. The van der Waals surface area contributed by atoms with E-state index in [2.05, 4.69) is 9.55 Å². The maximum absolute atomic E-state index is 12.5. The minimum absolute atomic E-state index is 0.0846. The van der Waals surface area contributed by atoms with Crippen molar-refractivity contribution in [3.05, 3.63) is 18.2 Å². The summed E-state index contributed by atoms with van der Waals surface area (Å²) in [4.78, 5) is 18.6. The summed E-state index contributed by atoms with van der Waals surface area (Å²) < 4.78 is 2.18. The van der Waals surface area contributed by atoms with Crippen LogP contribution in [-0.4, -0.2) is 44.7 Å². The van der Waals surface area contributed by atoms with Crippen LogP contribution in [0, 0.1) is 5.92 Å². The van der Waals surface area contributed by atoms with Crippen LogP contribution in [-0.2, 0) is 17.8 Å². The molecule has 0 aromatic carbocycles. The molecule has 1 aliphatic carbocycles. The van der Waals surface area contributed by atoms with E-state index < -0.39 is 5.60 Å². The molecule has 5 heteroatoms. The van der Waals surface area contributed by atoms with Crippen LogP contribution in [0.15, 0.2) is 12.4 Å². The summed E-state index contributed by atoms with van der Waals surface area (Å²) in [5.41, 5.74) is -1.11. The summed E-state index contributed by atoms with van der Waals surface area (Å²) in [7, 11) is 1.83. The highest BCUT2D eigenvalue weighted by Crippen LogP contribution is 2.30. The predicted octanol–water partition coefficient (Wildman–Crippen LogP) is 1.60. The van der Waals surface area contributed by atoms with Crippen molar-refractivity contribution >= 4 is 5.91 Å². The van der Waals surface area contributed by atoms with Crippen molar-refractivity contribution < 1.29 is 9.90 Å². The lowest BCUT2D eigenvalue weighted by Gasteiger charge is -2.36. The first kappa shape index (κ1) is 14.6. The fraction of sp³-hybridized carbons (Fsp3) is 0.750. The molecule has 0 unspecified atom stereocenters. The quantitative estimate of drug-likeness (QED) is 0.920. The Kier molecular flexibility index (Phi) is 4.02. The second kappa shape index (κ2) is 5.79. The summed E-state index contributed by atoms with van der Waals surface area (Å²) in [6, 6.07) is 0. The maximum atomic E-state index is 12.5. The number of imidazole rings is 1. The Morgan fingerprint density at radius 2 is 2.24 bits per heavy atom. The molecule has 1 aliphatic heterocycles. The average Bonchev–Trinajstić information content (AvgIpc) is 2.94. The highest BCUT2D eigenvalue weighted by molar-refractivity contribution is 5.84. The van der Waals surface area contributed by atoms with Crippen molar-refractivity contribution in [2.45, 2.75) is 57.1 Å². The van der Waals surface area contributed by atoms with Crippen molar-refractivity contribution in [3.8, 4) is 0 Å². The average molecular weight is 291 g/mol. The van der Waals surface area contributed by atoms with Gasteiger partial charge in [0.15, 0.2) is 0 Å². The molecule has 0 saturated heterocycles. The standard InChI is InChI=1S/C16H25N3O2/c1-18(15(20)16(21)7-3-2-4-8-16)11-13-5-6-14-17-9-10-19(14)12-13/h9-10,13,21H,2-8,11-12H2,1H3/t13-/m1/s1. The molecule has 1 aromatic heterocycles. The Labute approximate surface area is 126 Å². The third-order valence-electron chi connectivity index (χ3n) is 4.99. The molecule has 5 nitrogen and oxygen atoms in total.